The Balaban J connectivity index is 4.43. The van der Waals surface area contributed by atoms with Gasteiger partial charge in [0.25, 0.3) is 0 Å². The molecular weight excluding hydrogens is 204 g/mol. The van der Waals surface area contributed by atoms with Gasteiger partial charge in [-0.2, -0.15) is 0 Å². The quantitative estimate of drug-likeness (QED) is 0.490. The molecule has 0 aromatic rings. The molecule has 14 heavy (non-hydrogen) atoms. The Morgan fingerprint density at radius 3 is 1.93 bits per heavy atom. The van der Waals surface area contributed by atoms with E-state index >= 15 is 0 Å². The van der Waals surface area contributed by atoms with E-state index < -0.39 is 14.5 Å². The maximum absolute atomic E-state index is 11.1. The summed E-state index contributed by atoms with van der Waals surface area (Å²) in [7, 11) is 1.60. The smallest absolute Gasteiger partial charge is 0.458 e. The first-order valence-corrected chi connectivity index (χ1v) is 6.21. The van der Waals surface area contributed by atoms with Gasteiger partial charge in [0, 0.05) is 27.8 Å². The van der Waals surface area contributed by atoms with Crippen LogP contribution in [-0.2, 0) is 22.8 Å². The number of ether oxygens (including phenoxy) is 1. The van der Waals surface area contributed by atoms with E-state index in [2.05, 4.69) is 0 Å². The third-order valence-electron chi connectivity index (χ3n) is 1.95. The van der Waals surface area contributed by atoms with Crippen molar-refractivity contribution in [2.24, 2.45) is 0 Å². The fourth-order valence-electron chi connectivity index (χ4n) is 1.10. The van der Waals surface area contributed by atoms with E-state index in [0.29, 0.717) is 6.42 Å². The zero-order valence-corrected chi connectivity index (χ0v) is 10.3. The lowest BCUT2D eigenvalue weighted by molar-refractivity contribution is -0.147. The highest BCUT2D eigenvalue weighted by Gasteiger charge is 2.47. The van der Waals surface area contributed by atoms with Crippen molar-refractivity contribution in [1.29, 1.82) is 0 Å². The summed E-state index contributed by atoms with van der Waals surface area (Å²) in [5, 5.41) is 0. The van der Waals surface area contributed by atoms with E-state index in [4.69, 9.17) is 18.0 Å². The largest absolute Gasteiger partial charge is 0.542 e. The topological polar surface area (TPSA) is 54.0 Å². The molecule has 0 amide bonds. The summed E-state index contributed by atoms with van der Waals surface area (Å²) >= 11 is 0. The molecule has 0 aliphatic rings. The highest BCUT2D eigenvalue weighted by atomic mass is 28.4. The second-order valence-corrected chi connectivity index (χ2v) is 5.95. The Hall–Kier alpha value is -0.433. The average molecular weight is 222 g/mol. The molecule has 0 aromatic heterocycles. The van der Waals surface area contributed by atoms with Gasteiger partial charge in [-0.05, 0) is 6.92 Å². The molecule has 0 fully saturated rings. The Bertz CT molecular complexity index is 172. The molecule has 1 unspecified atom stereocenters. The second-order valence-electron chi connectivity index (χ2n) is 2.70. The first kappa shape index (κ1) is 13.6. The lowest BCUT2D eigenvalue weighted by Crippen LogP contribution is -2.54. The molecule has 0 rings (SSSR count). The van der Waals surface area contributed by atoms with Crippen molar-refractivity contribution >= 4 is 14.8 Å². The number of esters is 1. The molecule has 0 N–H and O–H groups in total. The summed E-state index contributed by atoms with van der Waals surface area (Å²) in [6, 6.07) is 0. The molecule has 1 atom stereocenters. The highest BCUT2D eigenvalue weighted by molar-refractivity contribution is 6.62. The average Bonchev–Trinajstić information content (AvgIpc) is 2.21. The van der Waals surface area contributed by atoms with Gasteiger partial charge in [-0.1, -0.05) is 6.92 Å². The Kier molecular flexibility index (Phi) is 5.94. The van der Waals surface area contributed by atoms with Crippen molar-refractivity contribution < 1.29 is 22.8 Å². The number of carbonyl (C=O) groups is 1. The number of rotatable bonds is 6. The lowest BCUT2D eigenvalue weighted by Gasteiger charge is -2.29. The summed E-state index contributed by atoms with van der Waals surface area (Å²) in [5.74, 6) is -0.291. The van der Waals surface area contributed by atoms with E-state index in [-0.39, 0.29) is 5.97 Å². The molecule has 0 aliphatic heterocycles. The maximum Gasteiger partial charge on any atom is 0.542 e. The first-order valence-electron chi connectivity index (χ1n) is 4.41. The summed E-state index contributed by atoms with van der Waals surface area (Å²) in [6.45, 7) is 3.43. The van der Waals surface area contributed by atoms with Crippen LogP contribution in [0.25, 0.3) is 0 Å². The van der Waals surface area contributed by atoms with Gasteiger partial charge < -0.3 is 18.0 Å². The molecule has 84 valence electrons. The summed E-state index contributed by atoms with van der Waals surface area (Å²) in [4.78, 5) is 11.1. The van der Waals surface area contributed by atoms with Crippen LogP contribution in [0.5, 0.6) is 0 Å². The summed E-state index contributed by atoms with van der Waals surface area (Å²) < 4.78 is 20.6. The van der Waals surface area contributed by atoms with Gasteiger partial charge in [-0.3, -0.25) is 4.79 Å². The zero-order valence-electron chi connectivity index (χ0n) is 9.33. The van der Waals surface area contributed by atoms with Gasteiger partial charge >= 0.3 is 14.8 Å². The minimum absolute atomic E-state index is 0.291. The van der Waals surface area contributed by atoms with Crippen LogP contribution in [0.2, 0.25) is 0 Å². The number of hydrogen-bond donors (Lipinski definition) is 0. The molecule has 5 nitrogen and oxygen atoms in total. The monoisotopic (exact) mass is 222 g/mol. The van der Waals surface area contributed by atoms with Crippen LogP contribution >= 0.6 is 0 Å². The van der Waals surface area contributed by atoms with E-state index in [9.17, 15) is 4.79 Å². The van der Waals surface area contributed by atoms with E-state index in [1.807, 2.05) is 0 Å². The van der Waals surface area contributed by atoms with Gasteiger partial charge in [0.05, 0.1) is 0 Å². The van der Waals surface area contributed by atoms with Crippen molar-refractivity contribution in [2.45, 2.75) is 26.0 Å². The van der Waals surface area contributed by atoms with Crippen LogP contribution in [-0.4, -0.2) is 41.8 Å². The van der Waals surface area contributed by atoms with Crippen LogP contribution in [0.1, 0.15) is 20.3 Å². The fourth-order valence-corrected chi connectivity index (χ4v) is 2.87. The molecular formula is C8H18O5Si. The third-order valence-corrected chi connectivity index (χ3v) is 4.77. The van der Waals surface area contributed by atoms with Crippen molar-refractivity contribution in [3.8, 4) is 0 Å². The zero-order chi connectivity index (χ0) is 11.2. The van der Waals surface area contributed by atoms with Gasteiger partial charge in [-0.15, -0.1) is 0 Å². The molecule has 0 heterocycles. The van der Waals surface area contributed by atoms with Crippen LogP contribution in [0, 0.1) is 0 Å². The Labute approximate surface area is 85.7 Å². The normalized spacial score (nSPS) is 13.8. The Morgan fingerprint density at radius 1 is 1.21 bits per heavy atom. The summed E-state index contributed by atoms with van der Waals surface area (Å²) in [6.07, 6.45) is 0.325. The highest BCUT2D eigenvalue weighted by Crippen LogP contribution is 2.15. The van der Waals surface area contributed by atoms with Crippen LogP contribution in [0.15, 0.2) is 0 Å². The van der Waals surface area contributed by atoms with Crippen LogP contribution in [0.4, 0.5) is 0 Å². The Morgan fingerprint density at radius 2 is 1.64 bits per heavy atom. The maximum atomic E-state index is 11.1. The predicted molar refractivity (Wildman–Crippen MR) is 52.6 cm³/mol. The molecule has 0 radical (unpaired) electrons. The van der Waals surface area contributed by atoms with Crippen molar-refractivity contribution in [3.63, 3.8) is 0 Å². The lowest BCUT2D eigenvalue weighted by atomic mass is 10.5. The molecule has 0 spiro atoms. The molecule has 0 saturated heterocycles. The van der Waals surface area contributed by atoms with Gasteiger partial charge in [-0.25, -0.2) is 0 Å². The molecule has 0 saturated carbocycles. The molecule has 0 bridgehead atoms. The minimum atomic E-state index is -2.84. The fraction of sp³-hybridized carbons (Fsp3) is 0.875. The van der Waals surface area contributed by atoms with Crippen LogP contribution in [0.3, 0.4) is 0 Å². The standard InChI is InChI=1S/C8H18O5Si/c1-6-8(9)13-7(2)14(10-3,11-4)12-5/h7H,6H2,1-5H3. The van der Waals surface area contributed by atoms with Crippen molar-refractivity contribution in [3.05, 3.63) is 0 Å². The SMILES string of the molecule is CCC(=O)OC(C)[Si](OC)(OC)OC. The number of hydrogen-bond acceptors (Lipinski definition) is 5. The number of carbonyl (C=O) groups excluding carboxylic acids is 1. The van der Waals surface area contributed by atoms with Crippen molar-refractivity contribution in [2.75, 3.05) is 21.3 Å². The van der Waals surface area contributed by atoms with E-state index in [0.717, 1.165) is 0 Å². The van der Waals surface area contributed by atoms with E-state index in [1.165, 1.54) is 21.3 Å². The molecule has 0 aliphatic carbocycles. The van der Waals surface area contributed by atoms with Gasteiger partial charge in [0.2, 0.25) is 0 Å². The van der Waals surface area contributed by atoms with Crippen molar-refractivity contribution in [1.82, 2.24) is 0 Å². The van der Waals surface area contributed by atoms with E-state index in [1.54, 1.807) is 13.8 Å². The third kappa shape index (κ3) is 3.05. The molecule has 6 heteroatoms. The predicted octanol–water partition coefficient (Wildman–Crippen LogP) is 0.745. The first-order chi connectivity index (χ1) is 6.56. The summed E-state index contributed by atoms with van der Waals surface area (Å²) in [5.41, 5.74) is -0.491. The van der Waals surface area contributed by atoms with Gasteiger partial charge in [0.1, 0.15) is 0 Å². The molecule has 0 aromatic carbocycles. The van der Waals surface area contributed by atoms with Gasteiger partial charge in [0.15, 0.2) is 5.73 Å². The van der Waals surface area contributed by atoms with Crippen LogP contribution < -0.4 is 0 Å². The second kappa shape index (κ2) is 6.13. The minimum Gasteiger partial charge on any atom is -0.458 e.